The SMILES string of the molecule is NC(=O)C1(NC(=O)c2csc(-c3ccccc3)n2)CCCCC1. The third-order valence-corrected chi connectivity index (χ3v) is 5.18. The molecule has 0 unspecified atom stereocenters. The number of primary amides is 1. The molecule has 3 rings (SSSR count). The molecule has 6 heteroatoms. The number of nitrogens with two attached hydrogens (primary N) is 1. The number of carbonyl (C=O) groups excluding carboxylic acids is 2. The molecule has 1 aliphatic carbocycles. The molecule has 0 bridgehead atoms. The molecule has 1 aromatic carbocycles. The van der Waals surface area contributed by atoms with Gasteiger partial charge in [0, 0.05) is 10.9 Å². The van der Waals surface area contributed by atoms with Crippen molar-refractivity contribution in [2.45, 2.75) is 37.6 Å². The zero-order chi connectivity index (χ0) is 16.3. The van der Waals surface area contributed by atoms with Crippen molar-refractivity contribution in [2.75, 3.05) is 0 Å². The molecule has 1 aromatic heterocycles. The molecule has 23 heavy (non-hydrogen) atoms. The Morgan fingerprint density at radius 2 is 1.83 bits per heavy atom. The number of nitrogens with one attached hydrogen (secondary N) is 1. The lowest BCUT2D eigenvalue weighted by Crippen LogP contribution is -2.58. The summed E-state index contributed by atoms with van der Waals surface area (Å²) in [5.74, 6) is -0.784. The number of benzene rings is 1. The number of carbonyl (C=O) groups is 2. The smallest absolute Gasteiger partial charge is 0.271 e. The van der Waals surface area contributed by atoms with Crippen LogP contribution in [0.2, 0.25) is 0 Å². The monoisotopic (exact) mass is 329 g/mol. The van der Waals surface area contributed by atoms with Crippen LogP contribution in [0.1, 0.15) is 42.6 Å². The Morgan fingerprint density at radius 1 is 1.13 bits per heavy atom. The van der Waals surface area contributed by atoms with Gasteiger partial charge in [0.2, 0.25) is 5.91 Å². The molecule has 1 saturated carbocycles. The lowest BCUT2D eigenvalue weighted by atomic mass is 9.81. The summed E-state index contributed by atoms with van der Waals surface area (Å²) < 4.78 is 0. The molecular weight excluding hydrogens is 310 g/mol. The van der Waals surface area contributed by atoms with Crippen molar-refractivity contribution >= 4 is 23.2 Å². The van der Waals surface area contributed by atoms with Gasteiger partial charge < -0.3 is 11.1 Å². The largest absolute Gasteiger partial charge is 0.368 e. The maximum absolute atomic E-state index is 12.5. The van der Waals surface area contributed by atoms with Gasteiger partial charge in [-0.2, -0.15) is 0 Å². The Kier molecular flexibility index (Phi) is 4.43. The van der Waals surface area contributed by atoms with E-state index in [4.69, 9.17) is 5.73 Å². The normalized spacial score (nSPS) is 16.7. The first kappa shape index (κ1) is 15.7. The van der Waals surface area contributed by atoms with E-state index >= 15 is 0 Å². The summed E-state index contributed by atoms with van der Waals surface area (Å²) in [5.41, 5.74) is 5.93. The highest BCUT2D eigenvalue weighted by molar-refractivity contribution is 7.13. The second kappa shape index (κ2) is 6.50. The Balaban J connectivity index is 1.78. The second-order valence-electron chi connectivity index (χ2n) is 5.87. The predicted molar refractivity (Wildman–Crippen MR) is 90.0 cm³/mol. The second-order valence-corrected chi connectivity index (χ2v) is 6.72. The van der Waals surface area contributed by atoms with Crippen LogP contribution in [0.15, 0.2) is 35.7 Å². The fourth-order valence-corrected chi connectivity index (χ4v) is 3.77. The molecule has 1 fully saturated rings. The number of amides is 2. The molecule has 120 valence electrons. The molecule has 2 amide bonds. The van der Waals surface area contributed by atoms with E-state index in [-0.39, 0.29) is 5.91 Å². The van der Waals surface area contributed by atoms with Crippen LogP contribution >= 0.6 is 11.3 Å². The van der Waals surface area contributed by atoms with Crippen LogP contribution in [0.4, 0.5) is 0 Å². The van der Waals surface area contributed by atoms with Gasteiger partial charge in [0.15, 0.2) is 0 Å². The minimum atomic E-state index is -0.925. The third-order valence-electron chi connectivity index (χ3n) is 4.29. The van der Waals surface area contributed by atoms with Gasteiger partial charge in [0.25, 0.3) is 5.91 Å². The van der Waals surface area contributed by atoms with Crippen molar-refractivity contribution in [1.82, 2.24) is 10.3 Å². The summed E-state index contributed by atoms with van der Waals surface area (Å²) in [7, 11) is 0. The number of hydrogen-bond acceptors (Lipinski definition) is 4. The van der Waals surface area contributed by atoms with Crippen molar-refractivity contribution in [3.8, 4) is 10.6 Å². The first-order chi connectivity index (χ1) is 11.1. The van der Waals surface area contributed by atoms with Crippen LogP contribution in [0.3, 0.4) is 0 Å². The zero-order valence-electron chi connectivity index (χ0n) is 12.7. The zero-order valence-corrected chi connectivity index (χ0v) is 13.6. The molecule has 0 radical (unpaired) electrons. The van der Waals surface area contributed by atoms with Crippen molar-refractivity contribution in [3.05, 3.63) is 41.4 Å². The van der Waals surface area contributed by atoms with E-state index in [1.807, 2.05) is 30.3 Å². The van der Waals surface area contributed by atoms with E-state index in [1.165, 1.54) is 11.3 Å². The Labute approximate surface area is 138 Å². The van der Waals surface area contributed by atoms with Gasteiger partial charge in [-0.3, -0.25) is 9.59 Å². The van der Waals surface area contributed by atoms with Crippen LogP contribution in [-0.4, -0.2) is 22.3 Å². The van der Waals surface area contributed by atoms with E-state index in [1.54, 1.807) is 5.38 Å². The molecule has 3 N–H and O–H groups in total. The van der Waals surface area contributed by atoms with Crippen LogP contribution in [0.5, 0.6) is 0 Å². The first-order valence-corrected chi connectivity index (χ1v) is 8.62. The Hall–Kier alpha value is -2.21. The summed E-state index contributed by atoms with van der Waals surface area (Å²) >= 11 is 1.41. The summed E-state index contributed by atoms with van der Waals surface area (Å²) in [5, 5.41) is 5.35. The van der Waals surface area contributed by atoms with E-state index in [0.29, 0.717) is 18.5 Å². The quantitative estimate of drug-likeness (QED) is 0.904. The van der Waals surface area contributed by atoms with E-state index in [9.17, 15) is 9.59 Å². The fourth-order valence-electron chi connectivity index (χ4n) is 2.96. The topological polar surface area (TPSA) is 85.1 Å². The molecule has 1 heterocycles. The number of rotatable bonds is 4. The van der Waals surface area contributed by atoms with Crippen LogP contribution in [0.25, 0.3) is 10.6 Å². The molecule has 0 atom stereocenters. The summed E-state index contributed by atoms with van der Waals surface area (Å²) in [6.07, 6.45) is 4.07. The highest BCUT2D eigenvalue weighted by atomic mass is 32.1. The fraction of sp³-hybridized carbons (Fsp3) is 0.353. The lowest BCUT2D eigenvalue weighted by molar-refractivity contribution is -0.125. The Morgan fingerprint density at radius 3 is 2.48 bits per heavy atom. The highest BCUT2D eigenvalue weighted by Crippen LogP contribution is 2.29. The summed E-state index contributed by atoms with van der Waals surface area (Å²) in [6, 6.07) is 9.70. The van der Waals surface area contributed by atoms with Crippen LogP contribution in [0, 0.1) is 0 Å². The van der Waals surface area contributed by atoms with Gasteiger partial charge in [0.05, 0.1) is 0 Å². The lowest BCUT2D eigenvalue weighted by Gasteiger charge is -2.34. The standard InChI is InChI=1S/C17H19N3O2S/c18-16(22)17(9-5-2-6-10-17)20-14(21)13-11-23-15(19-13)12-7-3-1-4-8-12/h1,3-4,7-8,11H,2,5-6,9-10H2,(H2,18,22)(H,20,21). The third kappa shape index (κ3) is 3.27. The van der Waals surface area contributed by atoms with Crippen molar-refractivity contribution in [2.24, 2.45) is 5.73 Å². The van der Waals surface area contributed by atoms with Gasteiger partial charge in [-0.25, -0.2) is 4.98 Å². The molecule has 0 spiro atoms. The van der Waals surface area contributed by atoms with Gasteiger partial charge >= 0.3 is 0 Å². The van der Waals surface area contributed by atoms with Crippen molar-refractivity contribution in [3.63, 3.8) is 0 Å². The van der Waals surface area contributed by atoms with Gasteiger partial charge in [0.1, 0.15) is 16.2 Å². The van der Waals surface area contributed by atoms with Crippen molar-refractivity contribution < 1.29 is 9.59 Å². The molecule has 2 aromatic rings. The average molecular weight is 329 g/mol. The van der Waals surface area contributed by atoms with Gasteiger partial charge in [-0.1, -0.05) is 49.6 Å². The van der Waals surface area contributed by atoms with Gasteiger partial charge in [-0.05, 0) is 12.8 Å². The molecule has 1 aliphatic rings. The maximum Gasteiger partial charge on any atom is 0.271 e. The molecule has 0 saturated heterocycles. The van der Waals surface area contributed by atoms with Gasteiger partial charge in [-0.15, -0.1) is 11.3 Å². The molecule has 0 aliphatic heterocycles. The van der Waals surface area contributed by atoms with Crippen LogP contribution < -0.4 is 11.1 Å². The Bertz CT molecular complexity index is 706. The molecular formula is C17H19N3O2S. The molecule has 5 nitrogen and oxygen atoms in total. The maximum atomic E-state index is 12.5. The number of aromatic nitrogens is 1. The average Bonchev–Trinajstić information content (AvgIpc) is 3.06. The van der Waals surface area contributed by atoms with E-state index in [2.05, 4.69) is 10.3 Å². The summed E-state index contributed by atoms with van der Waals surface area (Å²) in [6.45, 7) is 0. The minimum absolute atomic E-state index is 0.330. The summed E-state index contributed by atoms with van der Waals surface area (Å²) in [4.78, 5) is 28.7. The van der Waals surface area contributed by atoms with Crippen LogP contribution in [-0.2, 0) is 4.79 Å². The van der Waals surface area contributed by atoms with E-state index < -0.39 is 11.4 Å². The number of thiazole rings is 1. The first-order valence-electron chi connectivity index (χ1n) is 7.74. The number of nitrogens with zero attached hydrogens (tertiary/aromatic N) is 1. The highest BCUT2D eigenvalue weighted by Gasteiger charge is 2.39. The van der Waals surface area contributed by atoms with E-state index in [0.717, 1.165) is 29.8 Å². The minimum Gasteiger partial charge on any atom is -0.368 e. The van der Waals surface area contributed by atoms with Crippen molar-refractivity contribution in [1.29, 1.82) is 0 Å². The number of hydrogen-bond donors (Lipinski definition) is 2. The predicted octanol–water partition coefficient (Wildman–Crippen LogP) is 2.73.